The summed E-state index contributed by atoms with van der Waals surface area (Å²) < 4.78 is 2.18. The molecule has 1 atom stereocenters. The molecule has 1 unspecified atom stereocenters. The lowest BCUT2D eigenvalue weighted by molar-refractivity contribution is -0.117. The lowest BCUT2D eigenvalue weighted by Crippen LogP contribution is -2.48. The van der Waals surface area contributed by atoms with Gasteiger partial charge in [0.1, 0.15) is 11.5 Å². The molecule has 8 rings (SSSR count). The molecule has 2 saturated carbocycles. The van der Waals surface area contributed by atoms with Crippen molar-refractivity contribution >= 4 is 40.6 Å². The second-order valence-electron chi connectivity index (χ2n) is 14.3. The highest BCUT2D eigenvalue weighted by atomic mass is 16.2. The molecule has 5 heterocycles. The number of likely N-dealkylation sites (tertiary alicyclic amines) is 1. The highest BCUT2D eigenvalue weighted by molar-refractivity contribution is 6.01. The predicted octanol–water partition coefficient (Wildman–Crippen LogP) is 4.16. The molecule has 1 aromatic carbocycles. The average molecular weight is 705 g/mol. The molecule has 3 fully saturated rings. The van der Waals surface area contributed by atoms with Gasteiger partial charge in [-0.3, -0.25) is 24.0 Å². The zero-order valence-corrected chi connectivity index (χ0v) is 30.0. The third-order valence-electron chi connectivity index (χ3n) is 10.5. The van der Waals surface area contributed by atoms with Gasteiger partial charge in [0, 0.05) is 69.1 Å². The van der Waals surface area contributed by atoms with Crippen molar-refractivity contribution in [3.63, 3.8) is 0 Å². The summed E-state index contributed by atoms with van der Waals surface area (Å²) in [6.45, 7) is 6.87. The lowest BCUT2D eigenvalue weighted by atomic mass is 9.91. The number of nitrogens with zero attached hydrogens (tertiary/aromatic N) is 9. The molecule has 4 aliphatic rings. The van der Waals surface area contributed by atoms with E-state index in [9.17, 15) is 14.4 Å². The van der Waals surface area contributed by atoms with Crippen LogP contribution < -0.4 is 20.9 Å². The van der Waals surface area contributed by atoms with Gasteiger partial charge in [0.25, 0.3) is 11.8 Å². The van der Waals surface area contributed by atoms with E-state index in [4.69, 9.17) is 5.10 Å². The standard InChI is InChI=1S/C37H44N12O3/c1-5-29-34-25(17-39-49(34)23-18-48(19-23)20-31-38-15-14-27(42-31)37(52)46(3)6-2)24-8-7-9-26(33(24)47(29)4)41-28-16-30(43-35(50)21-10-11-21)44-45-32(28)36(51)40-22-12-13-22/h7-9,14-17,21-23,29H,5-6,10-13,18-20H2,1-4H3,(H,40,51)(H2,41,43,44,50). The summed E-state index contributed by atoms with van der Waals surface area (Å²) >= 11 is 0. The Morgan fingerprint density at radius 3 is 2.54 bits per heavy atom. The number of carbonyl (C=O) groups excluding carboxylic acids is 3. The van der Waals surface area contributed by atoms with Crippen LogP contribution in [0.25, 0.3) is 11.1 Å². The number of rotatable bonds is 12. The zero-order valence-electron chi connectivity index (χ0n) is 30.0. The van der Waals surface area contributed by atoms with Crippen LogP contribution in [-0.2, 0) is 11.3 Å². The Morgan fingerprint density at radius 2 is 1.81 bits per heavy atom. The summed E-state index contributed by atoms with van der Waals surface area (Å²) in [6.07, 6.45) is 8.11. The van der Waals surface area contributed by atoms with E-state index in [0.717, 1.165) is 67.7 Å². The summed E-state index contributed by atoms with van der Waals surface area (Å²) in [5, 5.41) is 22.8. The molecule has 3 aromatic heterocycles. The predicted molar refractivity (Wildman–Crippen MR) is 195 cm³/mol. The molecule has 270 valence electrons. The van der Waals surface area contributed by atoms with Gasteiger partial charge in [-0.15, -0.1) is 10.2 Å². The van der Waals surface area contributed by atoms with Crippen LogP contribution in [0.3, 0.4) is 0 Å². The van der Waals surface area contributed by atoms with E-state index in [0.29, 0.717) is 36.1 Å². The lowest BCUT2D eigenvalue weighted by Gasteiger charge is -2.42. The zero-order chi connectivity index (χ0) is 36.1. The van der Waals surface area contributed by atoms with Gasteiger partial charge in [-0.25, -0.2) is 9.97 Å². The molecule has 4 aromatic rings. The van der Waals surface area contributed by atoms with Gasteiger partial charge in [-0.05, 0) is 51.2 Å². The van der Waals surface area contributed by atoms with E-state index in [2.05, 4.69) is 70.6 Å². The Hall–Kier alpha value is -5.44. The number of carbonyl (C=O) groups is 3. The highest BCUT2D eigenvalue weighted by Crippen LogP contribution is 2.50. The first-order valence-electron chi connectivity index (χ1n) is 18.2. The van der Waals surface area contributed by atoms with E-state index in [1.54, 1.807) is 30.3 Å². The van der Waals surface area contributed by atoms with E-state index < -0.39 is 0 Å². The monoisotopic (exact) mass is 704 g/mol. The summed E-state index contributed by atoms with van der Waals surface area (Å²) in [5.41, 5.74) is 6.15. The molecule has 52 heavy (non-hydrogen) atoms. The van der Waals surface area contributed by atoms with Crippen LogP contribution >= 0.6 is 0 Å². The fraction of sp³-hybridized carbons (Fsp3) is 0.459. The van der Waals surface area contributed by atoms with Crippen LogP contribution in [0.2, 0.25) is 0 Å². The minimum Gasteiger partial charge on any atom is -0.364 e. The van der Waals surface area contributed by atoms with E-state index in [1.807, 2.05) is 25.3 Å². The van der Waals surface area contributed by atoms with Crippen LogP contribution in [0, 0.1) is 5.92 Å². The summed E-state index contributed by atoms with van der Waals surface area (Å²) in [5.74, 6) is 0.464. The third-order valence-corrected chi connectivity index (χ3v) is 10.5. The van der Waals surface area contributed by atoms with Crippen molar-refractivity contribution in [3.05, 3.63) is 65.6 Å². The normalized spacial score (nSPS) is 18.2. The number of aromatic nitrogens is 6. The van der Waals surface area contributed by atoms with Gasteiger partial charge < -0.3 is 25.8 Å². The van der Waals surface area contributed by atoms with E-state index >= 15 is 0 Å². The number of fused-ring (bicyclic) bond motifs is 3. The molecule has 3 amide bonds. The molecule has 2 aliphatic heterocycles. The van der Waals surface area contributed by atoms with Gasteiger partial charge in [0.15, 0.2) is 11.5 Å². The molecule has 1 saturated heterocycles. The first-order valence-corrected chi connectivity index (χ1v) is 18.2. The molecular formula is C37H44N12O3. The van der Waals surface area contributed by atoms with Crippen molar-refractivity contribution in [3.8, 4) is 11.1 Å². The molecule has 0 spiro atoms. The van der Waals surface area contributed by atoms with E-state index in [1.165, 1.54) is 5.69 Å². The number of nitrogens with one attached hydrogen (secondary N) is 3. The van der Waals surface area contributed by atoms with Crippen LogP contribution in [0.15, 0.2) is 42.7 Å². The molecule has 15 nitrogen and oxygen atoms in total. The fourth-order valence-electron chi connectivity index (χ4n) is 7.13. The summed E-state index contributed by atoms with van der Waals surface area (Å²) in [4.78, 5) is 53.7. The van der Waals surface area contributed by atoms with Gasteiger partial charge in [0.05, 0.1) is 47.6 Å². The van der Waals surface area contributed by atoms with E-state index in [-0.39, 0.29) is 47.5 Å². The third kappa shape index (κ3) is 6.44. The maximum atomic E-state index is 13.3. The Bertz CT molecular complexity index is 2030. The topological polar surface area (TPSA) is 166 Å². The number of amides is 3. The molecular weight excluding hydrogens is 660 g/mol. The quantitative estimate of drug-likeness (QED) is 0.194. The van der Waals surface area contributed by atoms with Gasteiger partial charge in [0.2, 0.25) is 5.91 Å². The minimum atomic E-state index is -0.294. The second kappa shape index (κ2) is 13.6. The van der Waals surface area contributed by atoms with Gasteiger partial charge in [-0.2, -0.15) is 5.10 Å². The fourth-order valence-corrected chi connectivity index (χ4v) is 7.13. The largest absolute Gasteiger partial charge is 0.364 e. The van der Waals surface area contributed by atoms with Crippen molar-refractivity contribution < 1.29 is 14.4 Å². The minimum absolute atomic E-state index is 0.00539. The molecule has 3 N–H and O–H groups in total. The Morgan fingerprint density at radius 1 is 1.00 bits per heavy atom. The van der Waals surface area contributed by atoms with Crippen molar-refractivity contribution in [1.82, 2.24) is 45.1 Å². The number of hydrogen-bond donors (Lipinski definition) is 3. The van der Waals surface area contributed by atoms with Gasteiger partial charge in [-0.1, -0.05) is 19.1 Å². The SMILES string of the molecule is CCC1c2c(cnn2C2CN(Cc3nccc(C(=O)N(C)CC)n3)C2)-c2cccc(Nc3cc(NC(=O)C4CC4)nnc3C(=O)NC3CC3)c2N1C. The smallest absolute Gasteiger partial charge is 0.274 e. The number of hydrogen-bond acceptors (Lipinski definition) is 11. The maximum absolute atomic E-state index is 13.3. The number of benzene rings is 1. The average Bonchev–Trinajstić information content (AvgIpc) is 4.08. The van der Waals surface area contributed by atoms with Crippen molar-refractivity contribution in [2.75, 3.05) is 49.3 Å². The maximum Gasteiger partial charge on any atom is 0.274 e. The van der Waals surface area contributed by atoms with Crippen molar-refractivity contribution in [1.29, 1.82) is 0 Å². The van der Waals surface area contributed by atoms with Crippen LogP contribution in [0.5, 0.6) is 0 Å². The summed E-state index contributed by atoms with van der Waals surface area (Å²) in [6, 6.07) is 9.85. The van der Waals surface area contributed by atoms with Gasteiger partial charge >= 0.3 is 0 Å². The Balaban J connectivity index is 1.05. The molecule has 0 bridgehead atoms. The molecule has 2 aliphatic carbocycles. The van der Waals surface area contributed by atoms with Crippen LogP contribution in [-0.4, -0.2) is 97.2 Å². The molecule has 15 heteroatoms. The number of para-hydroxylation sites is 1. The first-order chi connectivity index (χ1) is 25.2. The van der Waals surface area contributed by atoms with Crippen molar-refractivity contribution in [2.24, 2.45) is 5.92 Å². The Labute approximate surface area is 302 Å². The highest BCUT2D eigenvalue weighted by Gasteiger charge is 2.38. The second-order valence-corrected chi connectivity index (χ2v) is 14.3. The Kier molecular flexibility index (Phi) is 8.81. The van der Waals surface area contributed by atoms with Crippen LogP contribution in [0.4, 0.5) is 22.9 Å². The first kappa shape index (κ1) is 33.7. The van der Waals surface area contributed by atoms with Crippen LogP contribution in [0.1, 0.15) is 90.5 Å². The summed E-state index contributed by atoms with van der Waals surface area (Å²) in [7, 11) is 3.87. The molecule has 0 radical (unpaired) electrons. The van der Waals surface area contributed by atoms with Crippen molar-refractivity contribution in [2.45, 2.75) is 70.6 Å². The number of anilines is 4.